The van der Waals surface area contributed by atoms with Crippen LogP contribution in [0.3, 0.4) is 0 Å². The lowest BCUT2D eigenvalue weighted by Gasteiger charge is -2.26. The summed E-state index contributed by atoms with van der Waals surface area (Å²) in [4.78, 5) is 52.0. The summed E-state index contributed by atoms with van der Waals surface area (Å²) in [6.07, 6.45) is 1.29. The summed E-state index contributed by atoms with van der Waals surface area (Å²) in [5, 5.41) is 2.19. The molecule has 0 bridgehead atoms. The van der Waals surface area contributed by atoms with Crippen LogP contribution in [0.4, 0.5) is 10.5 Å². The number of urea groups is 1. The van der Waals surface area contributed by atoms with Crippen LogP contribution in [0.5, 0.6) is 5.75 Å². The predicted octanol–water partition coefficient (Wildman–Crippen LogP) is 6.01. The van der Waals surface area contributed by atoms with Gasteiger partial charge in [0.15, 0.2) is 5.75 Å². The lowest BCUT2D eigenvalue weighted by atomic mass is 10.1. The molecule has 10 heteroatoms. The van der Waals surface area contributed by atoms with E-state index in [2.05, 4.69) is 59.8 Å². The molecule has 0 unspecified atom stereocenters. The average molecular weight is 710 g/mol. The Bertz CT molecular complexity index is 1400. The second-order valence-electron chi connectivity index (χ2n) is 7.50. The molecule has 0 aromatic heterocycles. The quantitative estimate of drug-likeness (QED) is 0.118. The maximum Gasteiger partial charge on any atom is 0.343 e. The Morgan fingerprint density at radius 3 is 2.31 bits per heavy atom. The molecule has 1 heterocycles. The highest BCUT2D eigenvalue weighted by Gasteiger charge is 2.37. The van der Waals surface area contributed by atoms with Crippen molar-refractivity contribution in [1.82, 2.24) is 5.32 Å². The van der Waals surface area contributed by atoms with E-state index in [1.165, 1.54) is 6.08 Å². The number of nitrogens with zero attached hydrogens (tertiary/aromatic N) is 1. The highest BCUT2D eigenvalue weighted by atomic mass is 127. The first-order valence-corrected chi connectivity index (χ1v) is 12.8. The van der Waals surface area contributed by atoms with E-state index in [1.807, 2.05) is 6.92 Å². The van der Waals surface area contributed by atoms with Gasteiger partial charge in [0.05, 0.1) is 15.7 Å². The lowest BCUT2D eigenvalue weighted by molar-refractivity contribution is -0.122. The maximum atomic E-state index is 13.2. The van der Waals surface area contributed by atoms with Crippen LogP contribution in [0, 0.1) is 10.5 Å². The number of anilines is 1. The number of carbonyl (C=O) groups is 4. The normalized spacial score (nSPS) is 14.8. The fraction of sp³-hybridized carbons (Fsp3) is 0.0400. The van der Waals surface area contributed by atoms with E-state index in [9.17, 15) is 19.2 Å². The van der Waals surface area contributed by atoms with Gasteiger partial charge in [0.1, 0.15) is 5.57 Å². The topological polar surface area (TPSA) is 92.8 Å². The van der Waals surface area contributed by atoms with Crippen LogP contribution in [0.25, 0.3) is 6.08 Å². The summed E-state index contributed by atoms with van der Waals surface area (Å²) >= 11 is 8.86. The van der Waals surface area contributed by atoms with Crippen molar-refractivity contribution in [3.8, 4) is 5.75 Å². The van der Waals surface area contributed by atoms with Crippen LogP contribution >= 0.6 is 54.5 Å². The third-order valence-corrected chi connectivity index (χ3v) is 6.77. The van der Waals surface area contributed by atoms with Gasteiger partial charge in [0.2, 0.25) is 0 Å². The molecule has 1 aliphatic heterocycles. The molecule has 4 amide bonds. The van der Waals surface area contributed by atoms with Crippen molar-refractivity contribution in [2.45, 2.75) is 6.92 Å². The molecule has 0 saturated carbocycles. The van der Waals surface area contributed by atoms with Crippen molar-refractivity contribution in [3.05, 3.63) is 95.4 Å². The number of amides is 4. The number of barbiturate groups is 1. The van der Waals surface area contributed by atoms with Gasteiger partial charge in [0, 0.05) is 13.6 Å². The van der Waals surface area contributed by atoms with Crippen LogP contribution in [-0.2, 0) is 9.59 Å². The van der Waals surface area contributed by atoms with E-state index >= 15 is 0 Å². The molecule has 3 aromatic carbocycles. The van der Waals surface area contributed by atoms with Gasteiger partial charge >= 0.3 is 12.0 Å². The molecule has 0 radical (unpaired) electrons. The van der Waals surface area contributed by atoms with E-state index in [0.29, 0.717) is 20.2 Å². The number of benzene rings is 3. The van der Waals surface area contributed by atoms with Gasteiger partial charge in [-0.1, -0.05) is 33.6 Å². The Morgan fingerprint density at radius 1 is 1.00 bits per heavy atom. The van der Waals surface area contributed by atoms with Gasteiger partial charge in [-0.25, -0.2) is 14.5 Å². The van der Waals surface area contributed by atoms with Crippen molar-refractivity contribution in [2.75, 3.05) is 4.90 Å². The molecule has 7 nitrogen and oxygen atoms in total. The number of carbonyl (C=O) groups excluding carboxylic acids is 4. The number of nitrogens with one attached hydrogen (secondary N) is 1. The van der Waals surface area contributed by atoms with Gasteiger partial charge < -0.3 is 4.74 Å². The molecule has 4 rings (SSSR count). The van der Waals surface area contributed by atoms with Crippen LogP contribution in [0.15, 0.2) is 75.2 Å². The number of imide groups is 2. The minimum absolute atomic E-state index is 0.115. The smallest absolute Gasteiger partial charge is 0.343 e. The number of ether oxygens (including phenoxy) is 1. The third-order valence-electron chi connectivity index (χ3n) is 5.01. The van der Waals surface area contributed by atoms with E-state index in [-0.39, 0.29) is 16.9 Å². The molecule has 1 saturated heterocycles. The number of esters is 1. The van der Waals surface area contributed by atoms with E-state index in [4.69, 9.17) is 4.74 Å². The number of halogens is 3. The van der Waals surface area contributed by atoms with E-state index in [0.717, 1.165) is 14.0 Å². The third kappa shape index (κ3) is 5.54. The summed E-state index contributed by atoms with van der Waals surface area (Å²) in [5.41, 5.74) is 1.63. The number of aryl methyl sites for hydroxylation is 1. The van der Waals surface area contributed by atoms with Crippen molar-refractivity contribution in [1.29, 1.82) is 0 Å². The van der Waals surface area contributed by atoms with Gasteiger partial charge in [0.25, 0.3) is 11.8 Å². The van der Waals surface area contributed by atoms with Crippen LogP contribution in [-0.4, -0.2) is 23.8 Å². The molecular weight excluding hydrogens is 695 g/mol. The fourth-order valence-corrected chi connectivity index (χ4v) is 4.97. The second kappa shape index (κ2) is 10.4. The molecule has 1 N–H and O–H groups in total. The molecule has 0 aliphatic carbocycles. The Labute approximate surface area is 230 Å². The van der Waals surface area contributed by atoms with Gasteiger partial charge in [-0.2, -0.15) is 0 Å². The Balaban J connectivity index is 1.74. The highest BCUT2D eigenvalue weighted by molar-refractivity contribution is 14.1. The first-order chi connectivity index (χ1) is 16.6. The van der Waals surface area contributed by atoms with Gasteiger partial charge in [-0.05, 0) is 100 Å². The zero-order chi connectivity index (χ0) is 25.3. The monoisotopic (exact) mass is 708 g/mol. The van der Waals surface area contributed by atoms with Crippen LogP contribution in [0.2, 0.25) is 0 Å². The zero-order valence-corrected chi connectivity index (χ0v) is 23.3. The summed E-state index contributed by atoms with van der Waals surface area (Å²) in [6.45, 7) is 1.90. The average Bonchev–Trinajstić information content (AvgIpc) is 2.80. The lowest BCUT2D eigenvalue weighted by Crippen LogP contribution is -2.54. The molecule has 1 aliphatic rings. The summed E-state index contributed by atoms with van der Waals surface area (Å²) in [6, 6.07) is 16.0. The predicted molar refractivity (Wildman–Crippen MR) is 146 cm³/mol. The largest absolute Gasteiger partial charge is 0.421 e. The SMILES string of the molecule is Cc1ccc(C(=O)Oc2c(Br)cc(Br)cc2/C=C2/C(=O)NC(=O)N(c3ccc(I)cc3)C2=O)cc1. The van der Waals surface area contributed by atoms with Crippen molar-refractivity contribution >= 4 is 90.0 Å². The fourth-order valence-electron chi connectivity index (χ4n) is 3.27. The van der Waals surface area contributed by atoms with Crippen molar-refractivity contribution in [3.63, 3.8) is 0 Å². The van der Waals surface area contributed by atoms with Crippen LogP contribution in [0.1, 0.15) is 21.5 Å². The first kappa shape index (κ1) is 25.3. The number of rotatable bonds is 4. The first-order valence-electron chi connectivity index (χ1n) is 10.1. The molecule has 176 valence electrons. The Morgan fingerprint density at radius 2 is 1.66 bits per heavy atom. The number of hydrogen-bond donors (Lipinski definition) is 1. The second-order valence-corrected chi connectivity index (χ2v) is 10.5. The molecule has 0 atom stereocenters. The maximum absolute atomic E-state index is 13.2. The van der Waals surface area contributed by atoms with Crippen molar-refractivity contribution in [2.24, 2.45) is 0 Å². The minimum atomic E-state index is -0.853. The van der Waals surface area contributed by atoms with Gasteiger partial charge in [-0.3, -0.25) is 14.9 Å². The Hall–Kier alpha value is -2.83. The zero-order valence-electron chi connectivity index (χ0n) is 18.0. The molecule has 1 fully saturated rings. The summed E-state index contributed by atoms with van der Waals surface area (Å²) < 4.78 is 7.59. The molecule has 0 spiro atoms. The van der Waals surface area contributed by atoms with Crippen molar-refractivity contribution < 1.29 is 23.9 Å². The van der Waals surface area contributed by atoms with E-state index < -0.39 is 23.8 Å². The van der Waals surface area contributed by atoms with E-state index in [1.54, 1.807) is 60.7 Å². The minimum Gasteiger partial charge on any atom is -0.421 e. The highest BCUT2D eigenvalue weighted by Crippen LogP contribution is 2.35. The molecular formula is C25H15Br2IN2O5. The molecule has 35 heavy (non-hydrogen) atoms. The molecule has 3 aromatic rings. The van der Waals surface area contributed by atoms with Crippen LogP contribution < -0.4 is 15.0 Å². The summed E-state index contributed by atoms with van der Waals surface area (Å²) in [5.74, 6) is -2.15. The van der Waals surface area contributed by atoms with Gasteiger partial charge in [-0.15, -0.1) is 0 Å². The standard InChI is InChI=1S/C25H15Br2IN2O5/c1-13-2-4-14(5-3-13)24(33)35-21-15(10-16(26)12-20(21)27)11-19-22(31)29-25(34)30(23(19)32)18-8-6-17(28)7-9-18/h2-12H,1H3,(H,29,31,34)/b19-11-. The Kier molecular flexibility index (Phi) is 7.53. The summed E-state index contributed by atoms with van der Waals surface area (Å²) in [7, 11) is 0. The number of hydrogen-bond acceptors (Lipinski definition) is 5.